The van der Waals surface area contributed by atoms with Gasteiger partial charge in [-0.05, 0) is 64.9 Å². The molecule has 2 aromatic carbocycles. The maximum absolute atomic E-state index is 12.9. The molecule has 0 spiro atoms. The standard InChI is InChI=1S/C26H22BrClN2O6/c1-2-35-18-10-17(11-29-30-24(31)19-14-6-7-15(9-14)20(19)25(30)32)21(27)22(28)23(18)36-12-13-4-3-5-16(8-13)26(33)34/h3-8,10-11,14-15,19-20H,2,9,12H2,1H3,(H,33,34)/t14-,15-,19-,20+/m0/s1. The van der Waals surface area contributed by atoms with E-state index in [-0.39, 0.29) is 58.4 Å². The van der Waals surface area contributed by atoms with Gasteiger partial charge in [-0.2, -0.15) is 10.1 Å². The minimum atomic E-state index is -1.03. The summed E-state index contributed by atoms with van der Waals surface area (Å²) in [6, 6.07) is 8.06. The van der Waals surface area contributed by atoms with Gasteiger partial charge in [-0.25, -0.2) is 4.79 Å². The second-order valence-corrected chi connectivity index (χ2v) is 10.1. The van der Waals surface area contributed by atoms with E-state index in [2.05, 4.69) is 21.0 Å². The molecule has 36 heavy (non-hydrogen) atoms. The molecule has 2 bridgehead atoms. The van der Waals surface area contributed by atoms with Crippen molar-refractivity contribution in [1.82, 2.24) is 5.01 Å². The molecule has 10 heteroatoms. The predicted molar refractivity (Wildman–Crippen MR) is 135 cm³/mol. The highest BCUT2D eigenvalue weighted by molar-refractivity contribution is 9.10. The molecule has 1 N–H and O–H groups in total. The van der Waals surface area contributed by atoms with Gasteiger partial charge in [0.25, 0.3) is 11.8 Å². The second-order valence-electron chi connectivity index (χ2n) is 8.88. The van der Waals surface area contributed by atoms with Crippen molar-refractivity contribution in [2.24, 2.45) is 28.8 Å². The van der Waals surface area contributed by atoms with E-state index in [9.17, 15) is 19.5 Å². The number of fused-ring (bicyclic) bond motifs is 5. The molecule has 2 amide bonds. The number of imide groups is 1. The summed E-state index contributed by atoms with van der Waals surface area (Å²) >= 11 is 10.1. The molecule has 1 aliphatic heterocycles. The van der Waals surface area contributed by atoms with Crippen molar-refractivity contribution in [3.8, 4) is 11.5 Å². The Morgan fingerprint density at radius 3 is 2.53 bits per heavy atom. The molecule has 2 aromatic rings. The summed E-state index contributed by atoms with van der Waals surface area (Å²) in [6.45, 7) is 2.21. The molecule has 1 heterocycles. The van der Waals surface area contributed by atoms with Gasteiger partial charge in [0.2, 0.25) is 0 Å². The molecule has 0 radical (unpaired) electrons. The summed E-state index contributed by atoms with van der Waals surface area (Å²) in [5.41, 5.74) is 1.30. The van der Waals surface area contributed by atoms with Crippen LogP contribution in [0.5, 0.6) is 11.5 Å². The number of hydrogen-bond acceptors (Lipinski definition) is 6. The lowest BCUT2D eigenvalue weighted by atomic mass is 9.85. The lowest BCUT2D eigenvalue weighted by Crippen LogP contribution is -2.28. The molecule has 2 fully saturated rings. The van der Waals surface area contributed by atoms with Crippen LogP contribution in [0, 0.1) is 23.7 Å². The van der Waals surface area contributed by atoms with E-state index in [0.29, 0.717) is 28.0 Å². The summed E-state index contributed by atoms with van der Waals surface area (Å²) in [5.74, 6) is -1.39. The Balaban J connectivity index is 1.38. The first-order chi connectivity index (χ1) is 17.3. The van der Waals surface area contributed by atoms with Gasteiger partial charge in [0.1, 0.15) is 11.6 Å². The van der Waals surface area contributed by atoms with Gasteiger partial charge in [0, 0.05) is 10.0 Å². The van der Waals surface area contributed by atoms with Crippen molar-refractivity contribution in [2.45, 2.75) is 20.0 Å². The summed E-state index contributed by atoms with van der Waals surface area (Å²) in [4.78, 5) is 37.1. The molecule has 186 valence electrons. The van der Waals surface area contributed by atoms with Gasteiger partial charge >= 0.3 is 5.97 Å². The first kappa shape index (κ1) is 24.5. The minimum absolute atomic E-state index is 0.0662. The van der Waals surface area contributed by atoms with E-state index in [0.717, 1.165) is 11.4 Å². The zero-order valence-electron chi connectivity index (χ0n) is 19.2. The fourth-order valence-electron chi connectivity index (χ4n) is 5.17. The quantitative estimate of drug-likeness (QED) is 0.273. The summed E-state index contributed by atoms with van der Waals surface area (Å²) < 4.78 is 12.1. The molecule has 3 aliphatic rings. The van der Waals surface area contributed by atoms with Gasteiger partial charge in [-0.15, -0.1) is 0 Å². The van der Waals surface area contributed by atoms with E-state index in [1.807, 2.05) is 19.1 Å². The Labute approximate surface area is 220 Å². The number of hydrogen-bond donors (Lipinski definition) is 1. The highest BCUT2D eigenvalue weighted by Gasteiger charge is 2.59. The number of carboxylic acid groups (broad SMARTS) is 1. The van der Waals surface area contributed by atoms with Crippen LogP contribution in [0.3, 0.4) is 0 Å². The third-order valence-electron chi connectivity index (χ3n) is 6.77. The molecular formula is C26H22BrClN2O6. The molecule has 4 atom stereocenters. The molecule has 8 nitrogen and oxygen atoms in total. The largest absolute Gasteiger partial charge is 0.490 e. The molecular weight excluding hydrogens is 552 g/mol. The summed E-state index contributed by atoms with van der Waals surface area (Å²) in [7, 11) is 0. The van der Waals surface area contributed by atoms with Crippen molar-refractivity contribution in [2.75, 3.05) is 6.61 Å². The number of rotatable bonds is 8. The number of ether oxygens (including phenoxy) is 2. The highest BCUT2D eigenvalue weighted by Crippen LogP contribution is 2.52. The first-order valence-electron chi connectivity index (χ1n) is 11.5. The van der Waals surface area contributed by atoms with Crippen LogP contribution >= 0.6 is 27.5 Å². The average molecular weight is 574 g/mol. The zero-order chi connectivity index (χ0) is 25.6. The second kappa shape index (κ2) is 9.71. The number of amides is 2. The SMILES string of the molecule is CCOc1cc(C=NN2C(=O)[C@@H]3[C@H](C2=O)[C@H]2C=C[C@H]3C2)c(Br)c(Cl)c1OCc1cccc(C(=O)O)c1. The number of aromatic carboxylic acids is 1. The van der Waals surface area contributed by atoms with E-state index in [4.69, 9.17) is 21.1 Å². The number of carboxylic acids is 1. The monoisotopic (exact) mass is 572 g/mol. The Hall–Kier alpha value is -3.17. The van der Waals surface area contributed by atoms with Crippen LogP contribution in [0.4, 0.5) is 0 Å². The molecule has 0 unspecified atom stereocenters. The van der Waals surface area contributed by atoms with Crippen LogP contribution in [-0.4, -0.2) is 40.7 Å². The lowest BCUT2D eigenvalue weighted by Gasteiger charge is -2.17. The number of hydrazone groups is 1. The van der Waals surface area contributed by atoms with Gasteiger partial charge in [0.15, 0.2) is 11.5 Å². The van der Waals surface area contributed by atoms with Gasteiger partial charge in [-0.3, -0.25) is 9.59 Å². The van der Waals surface area contributed by atoms with Crippen molar-refractivity contribution in [3.63, 3.8) is 0 Å². The average Bonchev–Trinajstić information content (AvgIpc) is 3.55. The third-order valence-corrected chi connectivity index (χ3v) is 8.22. The predicted octanol–water partition coefficient (Wildman–Crippen LogP) is 4.92. The van der Waals surface area contributed by atoms with Crippen LogP contribution in [0.2, 0.25) is 5.02 Å². The summed E-state index contributed by atoms with van der Waals surface area (Å²) in [5, 5.41) is 14.6. The lowest BCUT2D eigenvalue weighted by molar-refractivity contribution is -0.140. The molecule has 1 saturated carbocycles. The van der Waals surface area contributed by atoms with Crippen molar-refractivity contribution < 1.29 is 29.0 Å². The van der Waals surface area contributed by atoms with Crippen LogP contribution < -0.4 is 9.47 Å². The normalized spacial score (nSPS) is 24.1. The van der Waals surface area contributed by atoms with E-state index >= 15 is 0 Å². The number of allylic oxidation sites excluding steroid dienone is 2. The van der Waals surface area contributed by atoms with E-state index < -0.39 is 5.97 Å². The first-order valence-corrected chi connectivity index (χ1v) is 12.7. The van der Waals surface area contributed by atoms with Crippen LogP contribution in [-0.2, 0) is 16.2 Å². The Kier molecular flexibility index (Phi) is 6.61. The van der Waals surface area contributed by atoms with Crippen molar-refractivity contribution in [1.29, 1.82) is 0 Å². The molecule has 5 rings (SSSR count). The van der Waals surface area contributed by atoms with E-state index in [1.165, 1.54) is 18.3 Å². The maximum Gasteiger partial charge on any atom is 0.335 e. The molecule has 2 aliphatic carbocycles. The number of carbonyl (C=O) groups is 3. The maximum atomic E-state index is 12.9. The van der Waals surface area contributed by atoms with Crippen molar-refractivity contribution >= 4 is 51.5 Å². The molecule has 1 saturated heterocycles. The fraction of sp³-hybridized carbons (Fsp3) is 0.308. The number of carbonyl (C=O) groups excluding carboxylic acids is 2. The van der Waals surface area contributed by atoms with Crippen LogP contribution in [0.1, 0.15) is 34.8 Å². The van der Waals surface area contributed by atoms with Crippen molar-refractivity contribution in [3.05, 3.63) is 68.7 Å². The van der Waals surface area contributed by atoms with Crippen LogP contribution in [0.15, 0.2) is 52.1 Å². The van der Waals surface area contributed by atoms with Gasteiger partial charge < -0.3 is 14.6 Å². The van der Waals surface area contributed by atoms with E-state index in [1.54, 1.807) is 18.2 Å². The van der Waals surface area contributed by atoms with Gasteiger partial charge in [0.05, 0.1) is 30.2 Å². The number of halogens is 2. The Bertz CT molecular complexity index is 1300. The highest BCUT2D eigenvalue weighted by atomic mass is 79.9. The molecule has 0 aromatic heterocycles. The smallest absolute Gasteiger partial charge is 0.335 e. The minimum Gasteiger partial charge on any atom is -0.490 e. The van der Waals surface area contributed by atoms with Gasteiger partial charge in [-0.1, -0.05) is 35.9 Å². The third kappa shape index (κ3) is 4.20. The number of benzene rings is 2. The number of nitrogens with zero attached hydrogens (tertiary/aromatic N) is 2. The summed E-state index contributed by atoms with van der Waals surface area (Å²) in [6.07, 6.45) is 6.33. The van der Waals surface area contributed by atoms with Crippen LogP contribution in [0.25, 0.3) is 0 Å². The Morgan fingerprint density at radius 2 is 1.89 bits per heavy atom. The fourth-order valence-corrected chi connectivity index (χ4v) is 5.82. The topological polar surface area (TPSA) is 106 Å². The zero-order valence-corrected chi connectivity index (χ0v) is 21.5. The Morgan fingerprint density at radius 1 is 1.19 bits per heavy atom.